The number of benzene rings is 3. The molecule has 2 N–H and O–H groups in total. The quantitative estimate of drug-likeness (QED) is 0.390. The Balaban J connectivity index is 1.31. The fourth-order valence-corrected chi connectivity index (χ4v) is 4.47. The van der Waals surface area contributed by atoms with Crippen molar-refractivity contribution in [2.75, 3.05) is 11.3 Å². The lowest BCUT2D eigenvalue weighted by molar-refractivity contribution is 0.0952. The van der Waals surface area contributed by atoms with E-state index in [1.54, 1.807) is 0 Å². The summed E-state index contributed by atoms with van der Waals surface area (Å²) in [4.78, 5) is 12.4. The second kappa shape index (κ2) is 9.23. The number of nitrogens with zero attached hydrogens (tertiary/aromatic N) is 1. The molecule has 0 bridgehead atoms. The van der Waals surface area contributed by atoms with Gasteiger partial charge in [0.05, 0.1) is 4.90 Å². The minimum atomic E-state index is -3.84. The minimum Gasteiger partial charge on any atom is -0.352 e. The largest absolute Gasteiger partial charge is 0.352 e. The van der Waals surface area contributed by atoms with Gasteiger partial charge in [-0.05, 0) is 72.5 Å². The molecule has 0 saturated carbocycles. The van der Waals surface area contributed by atoms with Crippen LogP contribution in [-0.2, 0) is 16.6 Å². The van der Waals surface area contributed by atoms with E-state index >= 15 is 0 Å². The average Bonchev–Trinajstić information content (AvgIpc) is 3.21. The highest BCUT2D eigenvalue weighted by atomic mass is 32.2. The van der Waals surface area contributed by atoms with E-state index in [0.29, 0.717) is 12.1 Å². The molecule has 3 aromatic carbocycles. The average molecular weight is 452 g/mol. The number of carbonyl (C=O) groups excluding carboxylic acids is 1. The van der Waals surface area contributed by atoms with Gasteiger partial charge in [0.2, 0.25) is 0 Å². The number of halogens is 1. The van der Waals surface area contributed by atoms with Crippen LogP contribution >= 0.6 is 0 Å². The van der Waals surface area contributed by atoms with E-state index in [9.17, 15) is 17.6 Å². The summed E-state index contributed by atoms with van der Waals surface area (Å²) in [6.45, 7) is 1.28. The minimum absolute atomic E-state index is 0.0119. The van der Waals surface area contributed by atoms with E-state index < -0.39 is 15.8 Å². The third-order valence-electron chi connectivity index (χ3n) is 5.06. The maximum atomic E-state index is 13.0. The second-order valence-electron chi connectivity index (χ2n) is 7.31. The standard InChI is InChI=1S/C24H22FN3O3S/c25-20-8-10-21(11-9-20)27-32(30,31)22-12-6-19(7-13-22)24(29)26-15-3-16-28-17-14-18-4-1-2-5-23(18)28/h1-2,4-14,17,27H,3,15-16H2,(H,26,29). The van der Waals surface area contributed by atoms with Gasteiger partial charge in [-0.15, -0.1) is 0 Å². The number of rotatable bonds is 8. The maximum absolute atomic E-state index is 13.0. The Bertz CT molecular complexity index is 1330. The predicted octanol–water partition coefficient (Wildman–Crippen LogP) is 4.40. The number of carbonyl (C=O) groups is 1. The molecule has 1 amide bonds. The molecule has 0 radical (unpaired) electrons. The summed E-state index contributed by atoms with van der Waals surface area (Å²) in [5, 5.41) is 4.04. The first kappa shape index (κ1) is 21.6. The Morgan fingerprint density at radius 1 is 0.906 bits per heavy atom. The summed E-state index contributed by atoms with van der Waals surface area (Å²) >= 11 is 0. The monoisotopic (exact) mass is 451 g/mol. The summed E-state index contributed by atoms with van der Waals surface area (Å²) in [5.74, 6) is -0.720. The van der Waals surface area contributed by atoms with Crippen LogP contribution in [0.2, 0.25) is 0 Å². The van der Waals surface area contributed by atoms with Crippen molar-refractivity contribution in [1.29, 1.82) is 0 Å². The molecule has 0 unspecified atom stereocenters. The van der Waals surface area contributed by atoms with Gasteiger partial charge in [-0.3, -0.25) is 9.52 Å². The molecule has 8 heteroatoms. The third-order valence-corrected chi connectivity index (χ3v) is 6.46. The molecule has 1 heterocycles. The highest BCUT2D eigenvalue weighted by Gasteiger charge is 2.15. The number of amides is 1. The Hall–Kier alpha value is -3.65. The summed E-state index contributed by atoms with van der Waals surface area (Å²) in [7, 11) is -3.84. The van der Waals surface area contributed by atoms with Gasteiger partial charge < -0.3 is 9.88 Å². The molecule has 0 atom stereocenters. The van der Waals surface area contributed by atoms with Crippen molar-refractivity contribution in [2.45, 2.75) is 17.9 Å². The Morgan fingerprint density at radius 2 is 1.62 bits per heavy atom. The highest BCUT2D eigenvalue weighted by Crippen LogP contribution is 2.17. The molecule has 0 aliphatic carbocycles. The van der Waals surface area contributed by atoms with Crippen LogP contribution < -0.4 is 10.0 Å². The first-order valence-electron chi connectivity index (χ1n) is 10.1. The molecular formula is C24H22FN3O3S. The van der Waals surface area contributed by atoms with Gasteiger partial charge in [0, 0.05) is 36.1 Å². The molecule has 4 rings (SSSR count). The molecule has 6 nitrogen and oxygen atoms in total. The number of sulfonamides is 1. The number of hydrogen-bond acceptors (Lipinski definition) is 3. The molecule has 0 aliphatic rings. The lowest BCUT2D eigenvalue weighted by Crippen LogP contribution is -2.25. The van der Waals surface area contributed by atoms with Crippen molar-refractivity contribution in [3.63, 3.8) is 0 Å². The zero-order valence-electron chi connectivity index (χ0n) is 17.2. The second-order valence-corrected chi connectivity index (χ2v) is 9.00. The van der Waals surface area contributed by atoms with Crippen molar-refractivity contribution in [3.05, 3.63) is 96.4 Å². The van der Waals surface area contributed by atoms with Gasteiger partial charge in [-0.25, -0.2) is 12.8 Å². The smallest absolute Gasteiger partial charge is 0.261 e. The van der Waals surface area contributed by atoms with Gasteiger partial charge >= 0.3 is 0 Å². The lowest BCUT2D eigenvalue weighted by atomic mass is 10.2. The van der Waals surface area contributed by atoms with Crippen LogP contribution in [0, 0.1) is 5.82 Å². The summed E-state index contributed by atoms with van der Waals surface area (Å²) in [6, 6.07) is 20.9. The Labute approximate surface area is 185 Å². The van der Waals surface area contributed by atoms with E-state index in [1.807, 2.05) is 18.3 Å². The van der Waals surface area contributed by atoms with Crippen molar-refractivity contribution in [1.82, 2.24) is 9.88 Å². The fraction of sp³-hybridized carbons (Fsp3) is 0.125. The van der Waals surface area contributed by atoms with E-state index in [0.717, 1.165) is 18.5 Å². The van der Waals surface area contributed by atoms with Gasteiger partial charge in [0.15, 0.2) is 0 Å². The van der Waals surface area contributed by atoms with E-state index in [4.69, 9.17) is 0 Å². The van der Waals surface area contributed by atoms with Crippen LogP contribution in [0.1, 0.15) is 16.8 Å². The highest BCUT2D eigenvalue weighted by molar-refractivity contribution is 7.92. The molecule has 32 heavy (non-hydrogen) atoms. The van der Waals surface area contributed by atoms with Crippen molar-refractivity contribution in [3.8, 4) is 0 Å². The number of nitrogens with one attached hydrogen (secondary N) is 2. The summed E-state index contributed by atoms with van der Waals surface area (Å²) in [5.41, 5.74) is 1.78. The van der Waals surface area contributed by atoms with Crippen LogP contribution in [0.3, 0.4) is 0 Å². The molecule has 0 fully saturated rings. The first-order chi connectivity index (χ1) is 15.4. The van der Waals surface area contributed by atoms with Gasteiger partial charge in [-0.1, -0.05) is 18.2 Å². The van der Waals surface area contributed by atoms with E-state index in [1.165, 1.54) is 53.9 Å². The molecule has 4 aromatic rings. The number of anilines is 1. The third kappa shape index (κ3) is 4.97. The normalized spacial score (nSPS) is 11.4. The molecule has 0 spiro atoms. The van der Waals surface area contributed by atoms with Gasteiger partial charge in [0.25, 0.3) is 15.9 Å². The number of aromatic nitrogens is 1. The van der Waals surface area contributed by atoms with E-state index in [2.05, 4.69) is 32.8 Å². The SMILES string of the molecule is O=C(NCCCn1ccc2ccccc21)c1ccc(S(=O)(=O)Nc2ccc(F)cc2)cc1. The van der Waals surface area contributed by atoms with Crippen LogP contribution in [0.25, 0.3) is 10.9 Å². The molecule has 164 valence electrons. The van der Waals surface area contributed by atoms with E-state index in [-0.39, 0.29) is 16.5 Å². The number of para-hydroxylation sites is 1. The fourth-order valence-electron chi connectivity index (χ4n) is 3.41. The van der Waals surface area contributed by atoms with Gasteiger partial charge in [-0.2, -0.15) is 0 Å². The van der Waals surface area contributed by atoms with Crippen LogP contribution in [0.15, 0.2) is 90.0 Å². The van der Waals surface area contributed by atoms with Crippen LogP contribution in [0.5, 0.6) is 0 Å². The topological polar surface area (TPSA) is 80.2 Å². The van der Waals surface area contributed by atoms with Crippen molar-refractivity contribution >= 4 is 32.5 Å². The zero-order chi connectivity index (χ0) is 22.6. The molecule has 1 aromatic heterocycles. The summed E-state index contributed by atoms with van der Waals surface area (Å²) < 4.78 is 42.5. The number of aryl methyl sites for hydroxylation is 1. The summed E-state index contributed by atoms with van der Waals surface area (Å²) in [6.07, 6.45) is 2.80. The molecule has 0 saturated heterocycles. The molecular weight excluding hydrogens is 429 g/mol. The van der Waals surface area contributed by atoms with Gasteiger partial charge in [0.1, 0.15) is 5.82 Å². The lowest BCUT2D eigenvalue weighted by Gasteiger charge is -2.10. The van der Waals surface area contributed by atoms with Crippen molar-refractivity contribution < 1.29 is 17.6 Å². The number of hydrogen-bond donors (Lipinski definition) is 2. The first-order valence-corrected chi connectivity index (χ1v) is 11.6. The molecule has 0 aliphatic heterocycles. The van der Waals surface area contributed by atoms with Crippen LogP contribution in [-0.4, -0.2) is 25.4 Å². The van der Waals surface area contributed by atoms with Crippen LogP contribution in [0.4, 0.5) is 10.1 Å². The Morgan fingerprint density at radius 3 is 2.38 bits per heavy atom. The zero-order valence-corrected chi connectivity index (χ0v) is 18.0. The predicted molar refractivity (Wildman–Crippen MR) is 123 cm³/mol. The Kier molecular flexibility index (Phi) is 6.23. The maximum Gasteiger partial charge on any atom is 0.261 e. The van der Waals surface area contributed by atoms with Crippen molar-refractivity contribution in [2.24, 2.45) is 0 Å². The number of fused-ring (bicyclic) bond motifs is 1.